The van der Waals surface area contributed by atoms with Gasteiger partial charge in [0.2, 0.25) is 5.91 Å². The highest BCUT2D eigenvalue weighted by Gasteiger charge is 2.21. The Bertz CT molecular complexity index is 607. The number of amides is 2. The average Bonchev–Trinajstić information content (AvgIpc) is 2.44. The molecule has 1 aromatic rings. The molecule has 0 aliphatic rings. The van der Waals surface area contributed by atoms with Gasteiger partial charge in [-0.25, -0.2) is 0 Å². The van der Waals surface area contributed by atoms with Crippen molar-refractivity contribution in [3.05, 3.63) is 29.3 Å². The first-order valence-corrected chi connectivity index (χ1v) is 8.87. The van der Waals surface area contributed by atoms with Crippen LogP contribution in [-0.4, -0.2) is 29.6 Å². The summed E-state index contributed by atoms with van der Waals surface area (Å²) in [5.41, 5.74) is 1.97. The van der Waals surface area contributed by atoms with Crippen molar-refractivity contribution in [2.75, 3.05) is 11.9 Å². The van der Waals surface area contributed by atoms with Gasteiger partial charge >= 0.3 is 0 Å². The van der Waals surface area contributed by atoms with E-state index in [2.05, 4.69) is 10.6 Å². The fourth-order valence-corrected chi connectivity index (χ4v) is 2.81. The highest BCUT2D eigenvalue weighted by atomic mass is 16.3. The number of aliphatic hydroxyl groups excluding tert-OH is 1. The largest absolute Gasteiger partial charge is 0.393 e. The van der Waals surface area contributed by atoms with E-state index in [0.29, 0.717) is 30.9 Å². The van der Waals surface area contributed by atoms with Crippen LogP contribution in [0.15, 0.2) is 18.2 Å². The van der Waals surface area contributed by atoms with Gasteiger partial charge in [-0.05, 0) is 55.4 Å². The van der Waals surface area contributed by atoms with Crippen molar-refractivity contribution < 1.29 is 14.7 Å². The summed E-state index contributed by atoms with van der Waals surface area (Å²) in [5, 5.41) is 15.3. The molecule has 0 bridgehead atoms. The Labute approximate surface area is 151 Å². The molecule has 140 valence electrons. The highest BCUT2D eigenvalue weighted by Crippen LogP contribution is 2.22. The molecular formula is C20H32N2O3. The molecule has 2 amide bonds. The zero-order valence-electron chi connectivity index (χ0n) is 16.3. The van der Waals surface area contributed by atoms with Gasteiger partial charge in [0.05, 0.1) is 6.10 Å². The molecule has 5 heteroatoms. The predicted octanol–water partition coefficient (Wildman–Crippen LogP) is 3.51. The number of aliphatic hydroxyl groups is 1. The summed E-state index contributed by atoms with van der Waals surface area (Å²) in [5.74, 6) is 0.132. The molecule has 1 atom stereocenters. The second kappa shape index (κ2) is 8.99. The number of carbonyl (C=O) groups excluding carboxylic acids is 2. The Morgan fingerprint density at radius 3 is 2.36 bits per heavy atom. The molecule has 0 radical (unpaired) electrons. The SMILES string of the molecule is Cc1cc(C(=O)NCC(C)(C)CC(C)O)ccc1NC(=O)CC(C)C. The van der Waals surface area contributed by atoms with Crippen molar-refractivity contribution in [3.63, 3.8) is 0 Å². The van der Waals surface area contributed by atoms with Gasteiger partial charge in [-0.3, -0.25) is 9.59 Å². The number of nitrogens with one attached hydrogen (secondary N) is 2. The molecule has 0 heterocycles. The molecule has 25 heavy (non-hydrogen) atoms. The Morgan fingerprint density at radius 1 is 1.20 bits per heavy atom. The van der Waals surface area contributed by atoms with Crippen LogP contribution in [0.5, 0.6) is 0 Å². The summed E-state index contributed by atoms with van der Waals surface area (Å²) >= 11 is 0. The fourth-order valence-electron chi connectivity index (χ4n) is 2.81. The molecule has 0 saturated carbocycles. The first kappa shape index (κ1) is 21.2. The lowest BCUT2D eigenvalue weighted by Crippen LogP contribution is -2.35. The van der Waals surface area contributed by atoms with Crippen molar-refractivity contribution >= 4 is 17.5 Å². The highest BCUT2D eigenvalue weighted by molar-refractivity contribution is 5.96. The maximum absolute atomic E-state index is 12.3. The Kier molecular flexibility index (Phi) is 7.61. The van der Waals surface area contributed by atoms with E-state index >= 15 is 0 Å². The number of anilines is 1. The summed E-state index contributed by atoms with van der Waals surface area (Å²) in [4.78, 5) is 24.2. The predicted molar refractivity (Wildman–Crippen MR) is 102 cm³/mol. The van der Waals surface area contributed by atoms with Gasteiger partial charge in [0, 0.05) is 24.2 Å². The molecule has 5 nitrogen and oxygen atoms in total. The third-order valence-electron chi connectivity index (χ3n) is 3.93. The molecule has 0 aromatic heterocycles. The number of hydrogen-bond acceptors (Lipinski definition) is 3. The molecule has 1 aromatic carbocycles. The van der Waals surface area contributed by atoms with E-state index in [4.69, 9.17) is 0 Å². The maximum Gasteiger partial charge on any atom is 0.251 e. The monoisotopic (exact) mass is 348 g/mol. The van der Waals surface area contributed by atoms with E-state index in [0.717, 1.165) is 11.3 Å². The third-order valence-corrected chi connectivity index (χ3v) is 3.93. The van der Waals surface area contributed by atoms with E-state index in [1.165, 1.54) is 0 Å². The van der Waals surface area contributed by atoms with Crippen LogP contribution >= 0.6 is 0 Å². The average molecular weight is 348 g/mol. The molecule has 0 aliphatic carbocycles. The van der Waals surface area contributed by atoms with Crippen LogP contribution in [0.1, 0.15) is 63.4 Å². The lowest BCUT2D eigenvalue weighted by atomic mass is 9.87. The smallest absolute Gasteiger partial charge is 0.251 e. The normalized spacial score (nSPS) is 12.8. The molecule has 0 saturated heterocycles. The van der Waals surface area contributed by atoms with E-state index < -0.39 is 6.10 Å². The lowest BCUT2D eigenvalue weighted by molar-refractivity contribution is -0.116. The van der Waals surface area contributed by atoms with Crippen molar-refractivity contribution in [1.29, 1.82) is 0 Å². The van der Waals surface area contributed by atoms with Gasteiger partial charge in [0.1, 0.15) is 0 Å². The summed E-state index contributed by atoms with van der Waals surface area (Å²) in [6, 6.07) is 5.26. The zero-order chi connectivity index (χ0) is 19.2. The number of benzene rings is 1. The van der Waals surface area contributed by atoms with Crippen LogP contribution in [-0.2, 0) is 4.79 Å². The number of rotatable bonds is 8. The fraction of sp³-hybridized carbons (Fsp3) is 0.600. The summed E-state index contributed by atoms with van der Waals surface area (Å²) in [6.45, 7) is 12.1. The number of carbonyl (C=O) groups is 2. The summed E-state index contributed by atoms with van der Waals surface area (Å²) in [6.07, 6.45) is 0.690. The van der Waals surface area contributed by atoms with Gasteiger partial charge in [-0.1, -0.05) is 27.7 Å². The van der Waals surface area contributed by atoms with Gasteiger partial charge < -0.3 is 15.7 Å². The molecule has 0 aliphatic heterocycles. The number of aryl methyl sites for hydroxylation is 1. The Hall–Kier alpha value is -1.88. The van der Waals surface area contributed by atoms with Gasteiger partial charge in [-0.15, -0.1) is 0 Å². The zero-order valence-corrected chi connectivity index (χ0v) is 16.3. The molecule has 3 N–H and O–H groups in total. The topological polar surface area (TPSA) is 78.4 Å². The van der Waals surface area contributed by atoms with Gasteiger partial charge in [-0.2, -0.15) is 0 Å². The first-order valence-electron chi connectivity index (χ1n) is 8.87. The van der Waals surface area contributed by atoms with Gasteiger partial charge in [0.25, 0.3) is 5.91 Å². The second-order valence-corrected chi connectivity index (χ2v) is 8.08. The molecule has 1 unspecified atom stereocenters. The minimum atomic E-state index is -0.400. The third kappa shape index (κ3) is 7.69. The van der Waals surface area contributed by atoms with E-state index in [9.17, 15) is 14.7 Å². The van der Waals surface area contributed by atoms with E-state index in [1.807, 2.05) is 34.6 Å². The van der Waals surface area contributed by atoms with E-state index in [1.54, 1.807) is 25.1 Å². The van der Waals surface area contributed by atoms with Crippen LogP contribution in [0, 0.1) is 18.3 Å². The molecular weight excluding hydrogens is 316 g/mol. The van der Waals surface area contributed by atoms with Crippen molar-refractivity contribution in [2.24, 2.45) is 11.3 Å². The van der Waals surface area contributed by atoms with Crippen molar-refractivity contribution in [3.8, 4) is 0 Å². The maximum atomic E-state index is 12.3. The summed E-state index contributed by atoms with van der Waals surface area (Å²) in [7, 11) is 0. The lowest BCUT2D eigenvalue weighted by Gasteiger charge is -2.26. The Balaban J connectivity index is 2.69. The van der Waals surface area contributed by atoms with Crippen molar-refractivity contribution in [2.45, 2.75) is 60.5 Å². The standard InChI is InChI=1S/C20H32N2O3/c1-13(2)9-18(24)22-17-8-7-16(10-14(17)3)19(25)21-12-20(5,6)11-15(4)23/h7-8,10,13,15,23H,9,11-12H2,1-6H3,(H,21,25)(H,22,24). The van der Waals surface area contributed by atoms with Crippen LogP contribution in [0.3, 0.4) is 0 Å². The second-order valence-electron chi connectivity index (χ2n) is 8.08. The van der Waals surface area contributed by atoms with Crippen LogP contribution < -0.4 is 10.6 Å². The van der Waals surface area contributed by atoms with Crippen molar-refractivity contribution in [1.82, 2.24) is 5.32 Å². The number of hydrogen-bond donors (Lipinski definition) is 3. The van der Waals surface area contributed by atoms with Crippen LogP contribution in [0.25, 0.3) is 0 Å². The molecule has 0 spiro atoms. The Morgan fingerprint density at radius 2 is 1.84 bits per heavy atom. The molecule has 1 rings (SSSR count). The minimum absolute atomic E-state index is 0.0184. The van der Waals surface area contributed by atoms with Crippen LogP contribution in [0.4, 0.5) is 5.69 Å². The minimum Gasteiger partial charge on any atom is -0.393 e. The first-order chi connectivity index (χ1) is 11.5. The van der Waals surface area contributed by atoms with Gasteiger partial charge in [0.15, 0.2) is 0 Å². The molecule has 0 fully saturated rings. The van der Waals surface area contributed by atoms with E-state index in [-0.39, 0.29) is 17.2 Å². The van der Waals surface area contributed by atoms with Crippen LogP contribution in [0.2, 0.25) is 0 Å². The summed E-state index contributed by atoms with van der Waals surface area (Å²) < 4.78 is 0. The quantitative estimate of drug-likeness (QED) is 0.673.